The van der Waals surface area contributed by atoms with Crippen LogP contribution in [0.5, 0.6) is 5.75 Å². The van der Waals surface area contributed by atoms with Gasteiger partial charge in [0.25, 0.3) is 0 Å². The van der Waals surface area contributed by atoms with Gasteiger partial charge in [0.15, 0.2) is 0 Å². The standard InChI is InChI=1S/C21H29N3O4S/c1-4-14-28-19-9-7-8-18(15-19)22-16-21(25)23-17-10-12-20(13-11-17)29(26,27)24(5-2)6-3/h7-13,15,22H,4-6,14,16H2,1-3H3,(H,23,25). The maximum absolute atomic E-state index is 12.5. The first-order valence-electron chi connectivity index (χ1n) is 9.77. The minimum absolute atomic E-state index is 0.0801. The third-order valence-corrected chi connectivity index (χ3v) is 6.31. The molecule has 0 radical (unpaired) electrons. The highest BCUT2D eigenvalue weighted by molar-refractivity contribution is 7.89. The number of nitrogens with one attached hydrogen (secondary N) is 2. The van der Waals surface area contributed by atoms with Crippen LogP contribution in [0.4, 0.5) is 11.4 Å². The molecule has 29 heavy (non-hydrogen) atoms. The molecule has 0 spiro atoms. The molecule has 8 heteroatoms. The lowest BCUT2D eigenvalue weighted by Gasteiger charge is -2.18. The van der Waals surface area contributed by atoms with Crippen LogP contribution in [0.1, 0.15) is 27.2 Å². The predicted octanol–water partition coefficient (Wildman–Crippen LogP) is 3.56. The van der Waals surface area contributed by atoms with Crippen molar-refractivity contribution in [2.45, 2.75) is 32.1 Å². The number of rotatable bonds is 11. The van der Waals surface area contributed by atoms with Crippen LogP contribution < -0.4 is 15.4 Å². The van der Waals surface area contributed by atoms with E-state index in [9.17, 15) is 13.2 Å². The van der Waals surface area contributed by atoms with Crippen molar-refractivity contribution in [2.24, 2.45) is 0 Å². The minimum atomic E-state index is -3.51. The van der Waals surface area contributed by atoms with Crippen LogP contribution in [-0.4, -0.2) is 44.9 Å². The van der Waals surface area contributed by atoms with Gasteiger partial charge in [-0.05, 0) is 42.8 Å². The first-order chi connectivity index (χ1) is 13.9. The summed E-state index contributed by atoms with van der Waals surface area (Å²) >= 11 is 0. The molecule has 2 aromatic rings. The normalized spacial score (nSPS) is 11.3. The second-order valence-electron chi connectivity index (χ2n) is 6.39. The van der Waals surface area contributed by atoms with E-state index in [0.717, 1.165) is 17.9 Å². The van der Waals surface area contributed by atoms with Crippen molar-refractivity contribution in [3.8, 4) is 5.75 Å². The van der Waals surface area contributed by atoms with E-state index in [2.05, 4.69) is 10.6 Å². The number of anilines is 2. The second kappa shape index (κ2) is 10.8. The molecule has 158 valence electrons. The average molecular weight is 420 g/mol. The lowest BCUT2D eigenvalue weighted by Crippen LogP contribution is -2.30. The maximum Gasteiger partial charge on any atom is 0.243 e. The van der Waals surface area contributed by atoms with Crippen LogP contribution in [0.15, 0.2) is 53.4 Å². The van der Waals surface area contributed by atoms with Crippen LogP contribution >= 0.6 is 0 Å². The monoisotopic (exact) mass is 419 g/mol. The van der Waals surface area contributed by atoms with E-state index >= 15 is 0 Å². The molecule has 0 aliphatic rings. The highest BCUT2D eigenvalue weighted by Gasteiger charge is 2.21. The number of sulfonamides is 1. The number of carbonyl (C=O) groups is 1. The lowest BCUT2D eigenvalue weighted by atomic mass is 10.3. The van der Waals surface area contributed by atoms with E-state index in [1.165, 1.54) is 16.4 Å². The van der Waals surface area contributed by atoms with Crippen molar-refractivity contribution in [2.75, 3.05) is 36.9 Å². The summed E-state index contributed by atoms with van der Waals surface area (Å²) in [6, 6.07) is 13.6. The molecule has 0 unspecified atom stereocenters. The zero-order valence-electron chi connectivity index (χ0n) is 17.1. The van der Waals surface area contributed by atoms with Gasteiger partial charge < -0.3 is 15.4 Å². The van der Waals surface area contributed by atoms with E-state index in [0.29, 0.717) is 25.4 Å². The summed E-state index contributed by atoms with van der Waals surface area (Å²) in [6.45, 7) is 7.18. The summed E-state index contributed by atoms with van der Waals surface area (Å²) in [6.07, 6.45) is 0.926. The zero-order chi connectivity index (χ0) is 21.3. The Hall–Kier alpha value is -2.58. The van der Waals surface area contributed by atoms with Gasteiger partial charge in [-0.25, -0.2) is 8.42 Å². The van der Waals surface area contributed by atoms with Gasteiger partial charge >= 0.3 is 0 Å². The quantitative estimate of drug-likeness (QED) is 0.581. The molecule has 0 fully saturated rings. The Morgan fingerprint density at radius 3 is 2.31 bits per heavy atom. The van der Waals surface area contributed by atoms with Gasteiger partial charge in [0, 0.05) is 30.5 Å². The minimum Gasteiger partial charge on any atom is -0.494 e. The molecule has 7 nitrogen and oxygen atoms in total. The van der Waals surface area contributed by atoms with Gasteiger partial charge in [-0.1, -0.05) is 26.8 Å². The van der Waals surface area contributed by atoms with Crippen molar-refractivity contribution in [1.29, 1.82) is 0 Å². The van der Waals surface area contributed by atoms with Gasteiger partial charge in [0.2, 0.25) is 15.9 Å². The van der Waals surface area contributed by atoms with E-state index in [1.54, 1.807) is 26.0 Å². The number of hydrogen-bond donors (Lipinski definition) is 2. The predicted molar refractivity (Wildman–Crippen MR) is 116 cm³/mol. The summed E-state index contributed by atoms with van der Waals surface area (Å²) in [5.74, 6) is 0.520. The van der Waals surface area contributed by atoms with Gasteiger partial charge in [-0.2, -0.15) is 4.31 Å². The molecule has 0 saturated heterocycles. The Balaban J connectivity index is 1.93. The van der Waals surface area contributed by atoms with E-state index in [4.69, 9.17) is 4.74 Å². The molecule has 0 aromatic heterocycles. The number of hydrogen-bond acceptors (Lipinski definition) is 5. The fraction of sp³-hybridized carbons (Fsp3) is 0.381. The van der Waals surface area contributed by atoms with Crippen molar-refractivity contribution in [3.63, 3.8) is 0 Å². The van der Waals surface area contributed by atoms with Crippen molar-refractivity contribution in [1.82, 2.24) is 4.31 Å². The summed E-state index contributed by atoms with van der Waals surface area (Å²) in [5.41, 5.74) is 1.32. The van der Waals surface area contributed by atoms with E-state index in [1.807, 2.05) is 31.2 Å². The molecule has 0 bridgehead atoms. The molecule has 0 aliphatic heterocycles. The molecule has 2 aromatic carbocycles. The SMILES string of the molecule is CCCOc1cccc(NCC(=O)Nc2ccc(S(=O)(=O)N(CC)CC)cc2)c1. The summed E-state index contributed by atoms with van der Waals surface area (Å²) in [5, 5.41) is 5.81. The molecular formula is C21H29N3O4S. The largest absolute Gasteiger partial charge is 0.494 e. The summed E-state index contributed by atoms with van der Waals surface area (Å²) in [4.78, 5) is 12.4. The smallest absolute Gasteiger partial charge is 0.243 e. The zero-order valence-corrected chi connectivity index (χ0v) is 18.0. The van der Waals surface area contributed by atoms with E-state index in [-0.39, 0.29) is 17.3 Å². The van der Waals surface area contributed by atoms with E-state index < -0.39 is 10.0 Å². The van der Waals surface area contributed by atoms with Crippen LogP contribution in [0.3, 0.4) is 0 Å². The lowest BCUT2D eigenvalue weighted by molar-refractivity contribution is -0.114. The highest BCUT2D eigenvalue weighted by Crippen LogP contribution is 2.19. The Morgan fingerprint density at radius 1 is 1.00 bits per heavy atom. The first-order valence-corrected chi connectivity index (χ1v) is 11.2. The van der Waals surface area contributed by atoms with Crippen LogP contribution in [0.25, 0.3) is 0 Å². The third kappa shape index (κ3) is 6.47. The Morgan fingerprint density at radius 2 is 1.69 bits per heavy atom. The van der Waals surface area contributed by atoms with Gasteiger partial charge in [-0.3, -0.25) is 4.79 Å². The molecule has 0 saturated carbocycles. The number of carbonyl (C=O) groups excluding carboxylic acids is 1. The highest BCUT2D eigenvalue weighted by atomic mass is 32.2. The third-order valence-electron chi connectivity index (χ3n) is 4.24. The number of ether oxygens (including phenoxy) is 1. The maximum atomic E-state index is 12.5. The first kappa shape index (κ1) is 22.7. The Kier molecular flexibility index (Phi) is 8.48. The van der Waals surface area contributed by atoms with Gasteiger partial charge in [0.1, 0.15) is 5.75 Å². The molecule has 1 amide bonds. The number of benzene rings is 2. The molecule has 0 atom stereocenters. The molecule has 2 N–H and O–H groups in total. The fourth-order valence-electron chi connectivity index (χ4n) is 2.73. The van der Waals surface area contributed by atoms with Crippen LogP contribution in [-0.2, 0) is 14.8 Å². The van der Waals surface area contributed by atoms with Crippen molar-refractivity contribution >= 4 is 27.3 Å². The van der Waals surface area contributed by atoms with Crippen molar-refractivity contribution < 1.29 is 17.9 Å². The number of nitrogens with zero attached hydrogens (tertiary/aromatic N) is 1. The topological polar surface area (TPSA) is 87.7 Å². The molecular weight excluding hydrogens is 390 g/mol. The van der Waals surface area contributed by atoms with Gasteiger partial charge in [0.05, 0.1) is 18.0 Å². The van der Waals surface area contributed by atoms with Crippen molar-refractivity contribution in [3.05, 3.63) is 48.5 Å². The number of amides is 1. The Bertz CT molecular complexity index is 894. The van der Waals surface area contributed by atoms with Crippen LogP contribution in [0.2, 0.25) is 0 Å². The molecule has 2 rings (SSSR count). The summed E-state index contributed by atoms with van der Waals surface area (Å²) in [7, 11) is -3.51. The Labute approximate surface area is 173 Å². The van der Waals surface area contributed by atoms with Gasteiger partial charge in [-0.15, -0.1) is 0 Å². The average Bonchev–Trinajstić information content (AvgIpc) is 2.72. The second-order valence-corrected chi connectivity index (χ2v) is 8.33. The fourth-order valence-corrected chi connectivity index (χ4v) is 4.18. The summed E-state index contributed by atoms with van der Waals surface area (Å²) < 4.78 is 32.0. The van der Waals surface area contributed by atoms with Crippen LogP contribution in [0, 0.1) is 0 Å². The molecule has 0 heterocycles. The molecule has 0 aliphatic carbocycles.